The molecule has 0 aromatic heterocycles. The molecule has 0 radical (unpaired) electrons. The number of hydrogen-bond donors (Lipinski definition) is 0. The molecule has 0 aliphatic rings. The molecule has 2 aromatic carbocycles. The van der Waals surface area contributed by atoms with Crippen LogP contribution in [0, 0.1) is 14.1 Å². The van der Waals surface area contributed by atoms with Crippen LogP contribution in [0.1, 0.15) is 30.9 Å². The van der Waals surface area contributed by atoms with Crippen molar-refractivity contribution in [3.05, 3.63) is 66.8 Å². The summed E-state index contributed by atoms with van der Waals surface area (Å²) in [5.41, 5.74) is 2.77. The Morgan fingerprint density at radius 3 is 1.37 bits per heavy atom. The van der Waals surface area contributed by atoms with Crippen LogP contribution in [0.2, 0.25) is 0 Å². The first-order valence-electron chi connectivity index (χ1n) is 7.60. The van der Waals surface area contributed by atoms with E-state index in [2.05, 4.69) is 69.3 Å². The number of aryl methyl sites for hydroxylation is 1. The molecule has 0 aliphatic heterocycles. The van der Waals surface area contributed by atoms with Crippen molar-refractivity contribution in [3.8, 4) is 0 Å². The van der Waals surface area contributed by atoms with Gasteiger partial charge in [0.15, 0.2) is 7.14 Å². The number of alkyl halides is 3. The van der Waals surface area contributed by atoms with Gasteiger partial charge in [-0.05, 0) is 42.7 Å². The van der Waals surface area contributed by atoms with E-state index >= 15 is 0 Å². The van der Waals surface area contributed by atoms with Crippen LogP contribution < -0.4 is 21.2 Å². The van der Waals surface area contributed by atoms with Gasteiger partial charge in [-0.25, -0.2) is 0 Å². The minimum absolute atomic E-state index is 0.0167. The van der Waals surface area contributed by atoms with Crippen molar-refractivity contribution in [1.82, 2.24) is 0 Å². The Morgan fingerprint density at radius 1 is 0.741 bits per heavy atom. The predicted octanol–water partition coefficient (Wildman–Crippen LogP) is 5.26. The molecule has 2 rings (SSSR count). The van der Waals surface area contributed by atoms with Gasteiger partial charge in [0.1, 0.15) is 0 Å². The van der Waals surface area contributed by atoms with E-state index in [4.69, 9.17) is 0 Å². The molecule has 2 aromatic rings. The summed E-state index contributed by atoms with van der Waals surface area (Å²) < 4.78 is 87.6. The Bertz CT molecular complexity index is 747. The number of hydrogen-bond acceptors (Lipinski definition) is 0. The second-order valence-corrected chi connectivity index (χ2v) is 11.8. The maximum absolute atomic E-state index is 11.5. The maximum atomic E-state index is 10.6. The van der Waals surface area contributed by atoms with Crippen LogP contribution in [-0.2, 0) is 0 Å². The Hall–Kier alpha value is -0.960. The van der Waals surface area contributed by atoms with Crippen molar-refractivity contribution < 1.29 is 55.4 Å². The number of halogens is 9. The van der Waals surface area contributed by atoms with Gasteiger partial charge in [-0.15, -0.1) is 0 Å². The Balaban J connectivity index is 0.000000314. The summed E-state index contributed by atoms with van der Waals surface area (Å²) in [6.07, 6.45) is 0. The fraction of sp³-hybridized carbons (Fsp3) is 0.294. The molecule has 0 nitrogen and oxygen atoms in total. The zero-order chi connectivity index (χ0) is 21.2. The Morgan fingerprint density at radius 2 is 1.07 bits per heavy atom. The zero-order valence-corrected chi connectivity index (χ0v) is 17.6. The summed E-state index contributed by atoms with van der Waals surface area (Å²) in [5, 5.41) is 0. The van der Waals surface area contributed by atoms with Crippen molar-refractivity contribution in [1.29, 1.82) is 0 Å². The van der Waals surface area contributed by atoms with Crippen LogP contribution in [-0.4, -0.2) is 5.92 Å². The zero-order valence-electron chi connectivity index (χ0n) is 14.5. The first-order chi connectivity index (χ1) is 11.9. The number of benzene rings is 2. The quantitative estimate of drug-likeness (QED) is 0.288. The third-order valence-corrected chi connectivity index (χ3v) is 6.89. The molecule has 0 unspecified atom stereocenters. The van der Waals surface area contributed by atoms with Crippen LogP contribution in [0.4, 0.5) is 34.2 Å². The molecule has 0 aliphatic carbocycles. The molecule has 0 amide bonds. The van der Waals surface area contributed by atoms with E-state index in [-0.39, 0.29) is 21.2 Å². The molecule has 27 heavy (non-hydrogen) atoms. The molecule has 0 fully saturated rings. The Kier molecular flexibility index (Phi) is 6.65. The molecule has 154 valence electrons. The summed E-state index contributed by atoms with van der Waals surface area (Å²) in [4.78, 5) is 0. The molecule has 0 saturated heterocycles. The van der Waals surface area contributed by atoms with Crippen molar-refractivity contribution in [2.24, 2.45) is 0 Å². The molecule has 0 saturated carbocycles. The van der Waals surface area contributed by atoms with Gasteiger partial charge in [-0.2, -0.15) is 0 Å². The third-order valence-electron chi connectivity index (χ3n) is 3.24. The van der Waals surface area contributed by atoms with E-state index in [0.717, 1.165) is 0 Å². The summed E-state index contributed by atoms with van der Waals surface area (Å²) in [6, 6.07) is 18.1. The van der Waals surface area contributed by atoms with Gasteiger partial charge in [-0.3, -0.25) is 0 Å². The molecular weight excluding hydrogens is 514 g/mol. The normalized spacial score (nSPS) is 14.8. The summed E-state index contributed by atoms with van der Waals surface area (Å²) in [6.45, 7) is 6.62. The van der Waals surface area contributed by atoms with Gasteiger partial charge in [0.05, 0.1) is 0 Å². The number of rotatable bonds is 3. The molecule has 0 atom stereocenters. The predicted molar refractivity (Wildman–Crippen MR) is 87.6 cm³/mol. The van der Waals surface area contributed by atoms with Crippen LogP contribution in [0.25, 0.3) is 0 Å². The van der Waals surface area contributed by atoms with Crippen molar-refractivity contribution in [3.63, 3.8) is 0 Å². The van der Waals surface area contributed by atoms with Crippen LogP contribution >= 0.6 is 7.50 Å². The molecular formula is C17H18F8IP. The first kappa shape index (κ1) is 24.1. The van der Waals surface area contributed by atoms with E-state index in [9.17, 15) is 34.2 Å². The molecule has 0 heterocycles. The van der Waals surface area contributed by atoms with Crippen molar-refractivity contribution >= 4 is 7.50 Å². The van der Waals surface area contributed by atoms with Gasteiger partial charge in [-0.1, -0.05) is 43.7 Å². The second-order valence-electron chi connectivity index (χ2n) is 6.13. The molecule has 0 spiro atoms. The van der Waals surface area contributed by atoms with Crippen LogP contribution in [0.3, 0.4) is 0 Å². The molecule has 10 heteroatoms. The Labute approximate surface area is 162 Å². The van der Waals surface area contributed by atoms with E-state index in [1.165, 1.54) is 18.3 Å². The molecule has 0 bridgehead atoms. The fourth-order valence-corrected chi connectivity index (χ4v) is 3.79. The van der Waals surface area contributed by atoms with Gasteiger partial charge in [0, 0.05) is 0 Å². The monoisotopic (exact) mass is 532 g/mol. The SMILES string of the molecule is Cc1ccc([I+]c2ccc(C(C)C)cc2)cc1.FC(F)(F)[P-](F)(F)(F)(F)F. The van der Waals surface area contributed by atoms with Crippen LogP contribution in [0.5, 0.6) is 0 Å². The fourth-order valence-electron chi connectivity index (χ4n) is 1.63. The second kappa shape index (κ2) is 7.46. The van der Waals surface area contributed by atoms with Gasteiger partial charge < -0.3 is 0 Å². The van der Waals surface area contributed by atoms with Gasteiger partial charge in [0.25, 0.3) is 0 Å². The standard InChI is InChI=1S/C16H18I.CF8P/c1-12(2)14-6-10-16(11-7-14)17-15-8-4-13(3)5-9-15;2-1(3,4)10(5,6,7,8)9/h4-12H,1-3H3;/q+1;-1. The summed E-state index contributed by atoms with van der Waals surface area (Å²) in [5.74, 6) is -6.76. The third kappa shape index (κ3) is 7.52. The average Bonchev–Trinajstić information content (AvgIpc) is 2.47. The summed E-state index contributed by atoms with van der Waals surface area (Å²) >= 11 is -0.0167. The van der Waals surface area contributed by atoms with E-state index < -0.39 is 13.4 Å². The average molecular weight is 532 g/mol. The van der Waals surface area contributed by atoms with Gasteiger partial charge >= 0.3 is 68.8 Å². The van der Waals surface area contributed by atoms with E-state index in [1.54, 1.807) is 0 Å². The first-order valence-corrected chi connectivity index (χ1v) is 11.9. The van der Waals surface area contributed by atoms with E-state index in [0.29, 0.717) is 5.92 Å². The minimum atomic E-state index is -11.5. The van der Waals surface area contributed by atoms with Crippen LogP contribution in [0.15, 0.2) is 48.5 Å². The summed E-state index contributed by atoms with van der Waals surface area (Å²) in [7, 11) is -11.5. The van der Waals surface area contributed by atoms with Gasteiger partial charge in [0.2, 0.25) is 0 Å². The topological polar surface area (TPSA) is 0 Å². The molecule has 0 N–H and O–H groups in total. The van der Waals surface area contributed by atoms with Crippen molar-refractivity contribution in [2.45, 2.75) is 32.6 Å². The van der Waals surface area contributed by atoms with E-state index in [1.807, 2.05) is 0 Å². The van der Waals surface area contributed by atoms with Crippen molar-refractivity contribution in [2.75, 3.05) is 0 Å².